The Bertz CT molecular complexity index is 445. The standard InChI is InChI=1S/C14H19NO3/c1-18-12-6-2-4-9-8-11(15)10(14(9)12)5-3-7-13(16)17/h2,4,6,10-11H,3,5,7-8,15H2,1H3,(H,16,17). The maximum absolute atomic E-state index is 10.6. The van der Waals surface area contributed by atoms with Crippen molar-refractivity contribution >= 4 is 5.97 Å². The van der Waals surface area contributed by atoms with Gasteiger partial charge in [0.2, 0.25) is 0 Å². The van der Waals surface area contributed by atoms with Crippen molar-refractivity contribution < 1.29 is 14.6 Å². The summed E-state index contributed by atoms with van der Waals surface area (Å²) in [6.07, 6.45) is 2.52. The van der Waals surface area contributed by atoms with Gasteiger partial charge in [-0.25, -0.2) is 0 Å². The Morgan fingerprint density at radius 1 is 1.56 bits per heavy atom. The molecule has 0 aromatic heterocycles. The van der Waals surface area contributed by atoms with Crippen molar-refractivity contribution in [2.45, 2.75) is 37.6 Å². The Balaban J connectivity index is 2.15. The molecule has 3 N–H and O–H groups in total. The monoisotopic (exact) mass is 249 g/mol. The molecule has 4 heteroatoms. The summed E-state index contributed by atoms with van der Waals surface area (Å²) in [5.41, 5.74) is 8.58. The summed E-state index contributed by atoms with van der Waals surface area (Å²) in [6, 6.07) is 6.07. The van der Waals surface area contributed by atoms with E-state index in [2.05, 4.69) is 6.07 Å². The highest BCUT2D eigenvalue weighted by molar-refractivity contribution is 5.66. The quantitative estimate of drug-likeness (QED) is 0.836. The van der Waals surface area contributed by atoms with Crippen molar-refractivity contribution in [3.63, 3.8) is 0 Å². The van der Waals surface area contributed by atoms with Gasteiger partial charge in [-0.3, -0.25) is 4.79 Å². The number of hydrogen-bond acceptors (Lipinski definition) is 3. The molecule has 0 radical (unpaired) electrons. The maximum atomic E-state index is 10.6. The molecule has 18 heavy (non-hydrogen) atoms. The molecule has 2 rings (SSSR count). The van der Waals surface area contributed by atoms with Gasteiger partial charge in [-0.2, -0.15) is 0 Å². The third-order valence-electron chi connectivity index (χ3n) is 3.63. The van der Waals surface area contributed by atoms with Crippen molar-refractivity contribution in [1.82, 2.24) is 0 Å². The minimum Gasteiger partial charge on any atom is -0.496 e. The highest BCUT2D eigenvalue weighted by Gasteiger charge is 2.32. The fraction of sp³-hybridized carbons (Fsp3) is 0.500. The predicted octanol–water partition coefficient (Wildman–Crippen LogP) is 1.92. The molecule has 0 saturated heterocycles. The van der Waals surface area contributed by atoms with Crippen molar-refractivity contribution in [3.8, 4) is 5.75 Å². The molecule has 0 heterocycles. The SMILES string of the molecule is COc1cccc2c1C(CCCC(=O)O)C(N)C2. The molecular weight excluding hydrogens is 230 g/mol. The predicted molar refractivity (Wildman–Crippen MR) is 68.9 cm³/mol. The molecule has 0 aliphatic heterocycles. The molecule has 4 nitrogen and oxygen atoms in total. The van der Waals surface area contributed by atoms with Gasteiger partial charge < -0.3 is 15.6 Å². The van der Waals surface area contributed by atoms with Crippen LogP contribution >= 0.6 is 0 Å². The minimum atomic E-state index is -0.748. The van der Waals surface area contributed by atoms with Crippen LogP contribution in [0.25, 0.3) is 0 Å². The Labute approximate surface area is 107 Å². The number of methoxy groups -OCH3 is 1. The van der Waals surface area contributed by atoms with Gasteiger partial charge in [-0.1, -0.05) is 12.1 Å². The number of hydrogen-bond donors (Lipinski definition) is 2. The number of benzene rings is 1. The number of carboxylic acids is 1. The number of ether oxygens (including phenoxy) is 1. The van der Waals surface area contributed by atoms with E-state index in [1.54, 1.807) is 7.11 Å². The highest BCUT2D eigenvalue weighted by Crippen LogP contribution is 2.41. The summed E-state index contributed by atoms with van der Waals surface area (Å²) < 4.78 is 5.39. The van der Waals surface area contributed by atoms with E-state index in [1.165, 1.54) is 11.1 Å². The van der Waals surface area contributed by atoms with Crippen LogP contribution < -0.4 is 10.5 Å². The van der Waals surface area contributed by atoms with Gasteiger partial charge in [0.25, 0.3) is 0 Å². The summed E-state index contributed by atoms with van der Waals surface area (Å²) in [4.78, 5) is 10.6. The highest BCUT2D eigenvalue weighted by atomic mass is 16.5. The lowest BCUT2D eigenvalue weighted by Crippen LogP contribution is -2.25. The largest absolute Gasteiger partial charge is 0.496 e. The van der Waals surface area contributed by atoms with E-state index in [0.29, 0.717) is 6.42 Å². The average Bonchev–Trinajstić information content (AvgIpc) is 2.65. The second-order valence-corrected chi connectivity index (χ2v) is 4.79. The van der Waals surface area contributed by atoms with E-state index in [9.17, 15) is 4.79 Å². The number of nitrogens with two attached hydrogens (primary N) is 1. The zero-order chi connectivity index (χ0) is 13.1. The van der Waals surface area contributed by atoms with Crippen LogP contribution in [0.4, 0.5) is 0 Å². The Morgan fingerprint density at radius 2 is 2.33 bits per heavy atom. The fourth-order valence-corrected chi connectivity index (χ4v) is 2.81. The molecule has 1 aliphatic carbocycles. The zero-order valence-electron chi connectivity index (χ0n) is 10.6. The molecular formula is C14H19NO3. The first-order valence-electron chi connectivity index (χ1n) is 6.26. The molecule has 0 amide bonds. The van der Waals surface area contributed by atoms with Gasteiger partial charge in [0.1, 0.15) is 5.75 Å². The van der Waals surface area contributed by atoms with E-state index in [0.717, 1.165) is 18.6 Å². The van der Waals surface area contributed by atoms with Crippen molar-refractivity contribution in [2.75, 3.05) is 7.11 Å². The van der Waals surface area contributed by atoms with Crippen molar-refractivity contribution in [1.29, 1.82) is 0 Å². The van der Waals surface area contributed by atoms with E-state index in [1.807, 2.05) is 12.1 Å². The Kier molecular flexibility index (Phi) is 3.87. The molecule has 98 valence electrons. The minimum absolute atomic E-state index is 0.0742. The topological polar surface area (TPSA) is 72.5 Å². The Morgan fingerprint density at radius 3 is 3.00 bits per heavy atom. The van der Waals surface area contributed by atoms with Crippen molar-refractivity contribution in [2.24, 2.45) is 5.73 Å². The third-order valence-corrected chi connectivity index (χ3v) is 3.63. The van der Waals surface area contributed by atoms with E-state index < -0.39 is 5.97 Å². The molecule has 2 unspecified atom stereocenters. The Hall–Kier alpha value is -1.55. The summed E-state index contributed by atoms with van der Waals surface area (Å²) in [5, 5.41) is 8.69. The first-order valence-corrected chi connectivity index (χ1v) is 6.26. The number of rotatable bonds is 5. The number of aliphatic carboxylic acids is 1. The molecule has 1 aromatic rings. The summed E-state index contributed by atoms with van der Waals surface area (Å²) in [6.45, 7) is 0. The average molecular weight is 249 g/mol. The van der Waals surface area contributed by atoms with E-state index in [4.69, 9.17) is 15.6 Å². The summed E-state index contributed by atoms with van der Waals surface area (Å²) >= 11 is 0. The molecule has 0 saturated carbocycles. The van der Waals surface area contributed by atoms with E-state index >= 15 is 0 Å². The van der Waals surface area contributed by atoms with Crippen LogP contribution in [0.1, 0.15) is 36.3 Å². The lowest BCUT2D eigenvalue weighted by molar-refractivity contribution is -0.137. The van der Waals surface area contributed by atoms with Gasteiger partial charge in [0, 0.05) is 23.9 Å². The van der Waals surface area contributed by atoms with Gasteiger partial charge in [-0.15, -0.1) is 0 Å². The van der Waals surface area contributed by atoms with Gasteiger partial charge >= 0.3 is 5.97 Å². The van der Waals surface area contributed by atoms with Crippen LogP contribution in [0, 0.1) is 0 Å². The first kappa shape index (κ1) is 12.9. The van der Waals surface area contributed by atoms with Crippen LogP contribution in [-0.4, -0.2) is 24.2 Å². The zero-order valence-corrected chi connectivity index (χ0v) is 10.6. The van der Waals surface area contributed by atoms with E-state index in [-0.39, 0.29) is 18.4 Å². The third kappa shape index (κ3) is 2.48. The van der Waals surface area contributed by atoms with Crippen LogP contribution in [0.2, 0.25) is 0 Å². The molecule has 0 spiro atoms. The number of carboxylic acid groups (broad SMARTS) is 1. The lowest BCUT2D eigenvalue weighted by Gasteiger charge is -2.18. The van der Waals surface area contributed by atoms with Crippen molar-refractivity contribution in [3.05, 3.63) is 29.3 Å². The lowest BCUT2D eigenvalue weighted by atomic mass is 9.92. The fourth-order valence-electron chi connectivity index (χ4n) is 2.81. The summed E-state index contributed by atoms with van der Waals surface area (Å²) in [7, 11) is 1.66. The van der Waals surface area contributed by atoms with Crippen LogP contribution in [-0.2, 0) is 11.2 Å². The molecule has 0 bridgehead atoms. The van der Waals surface area contributed by atoms with Crippen LogP contribution in [0.3, 0.4) is 0 Å². The van der Waals surface area contributed by atoms with Gasteiger partial charge in [0.05, 0.1) is 7.11 Å². The normalized spacial score (nSPS) is 21.7. The number of fused-ring (bicyclic) bond motifs is 1. The van der Waals surface area contributed by atoms with Crippen LogP contribution in [0.15, 0.2) is 18.2 Å². The van der Waals surface area contributed by atoms with Crippen LogP contribution in [0.5, 0.6) is 5.75 Å². The molecule has 0 fully saturated rings. The maximum Gasteiger partial charge on any atom is 0.303 e. The molecule has 2 atom stereocenters. The number of carbonyl (C=O) groups is 1. The second-order valence-electron chi connectivity index (χ2n) is 4.79. The molecule has 1 aromatic carbocycles. The smallest absolute Gasteiger partial charge is 0.303 e. The molecule has 1 aliphatic rings. The van der Waals surface area contributed by atoms with Gasteiger partial charge in [0.15, 0.2) is 0 Å². The first-order chi connectivity index (χ1) is 8.63. The second kappa shape index (κ2) is 5.40. The van der Waals surface area contributed by atoms with Gasteiger partial charge in [-0.05, 0) is 30.9 Å². The summed E-state index contributed by atoms with van der Waals surface area (Å²) in [5.74, 6) is 0.345.